The lowest BCUT2D eigenvalue weighted by molar-refractivity contribution is -0.116. The van der Waals surface area contributed by atoms with E-state index in [1.807, 2.05) is 53.3 Å². The number of benzene rings is 1. The molecule has 3 heterocycles. The first-order valence-electron chi connectivity index (χ1n) is 9.11. The average Bonchev–Trinajstić information content (AvgIpc) is 3.11. The highest BCUT2D eigenvalue weighted by Gasteiger charge is 2.30. The molecule has 138 valence electrons. The maximum Gasteiger partial charge on any atom is 0.226 e. The summed E-state index contributed by atoms with van der Waals surface area (Å²) in [7, 11) is 0. The van der Waals surface area contributed by atoms with Gasteiger partial charge in [-0.25, -0.2) is 4.68 Å². The van der Waals surface area contributed by atoms with Gasteiger partial charge in [-0.15, -0.1) is 0 Å². The van der Waals surface area contributed by atoms with Gasteiger partial charge < -0.3 is 10.1 Å². The molecule has 0 fully saturated rings. The van der Waals surface area contributed by atoms with Crippen molar-refractivity contribution in [1.29, 1.82) is 0 Å². The van der Waals surface area contributed by atoms with Crippen molar-refractivity contribution in [3.63, 3.8) is 0 Å². The molecule has 0 bridgehead atoms. The summed E-state index contributed by atoms with van der Waals surface area (Å²) in [6, 6.07) is 13.9. The number of amides is 1. The second-order valence-electron chi connectivity index (χ2n) is 6.97. The number of hydrogen-bond acceptors (Lipinski definition) is 4. The number of hydrogen-bond donors (Lipinski definition) is 1. The molecule has 1 aromatic carbocycles. The lowest BCUT2D eigenvalue weighted by atomic mass is 9.87. The summed E-state index contributed by atoms with van der Waals surface area (Å²) in [6.45, 7) is 4.53. The van der Waals surface area contributed by atoms with Crippen LogP contribution < -0.4 is 10.1 Å². The number of rotatable bonds is 5. The van der Waals surface area contributed by atoms with Crippen LogP contribution in [0.5, 0.6) is 5.75 Å². The zero-order valence-corrected chi connectivity index (χ0v) is 15.4. The van der Waals surface area contributed by atoms with Gasteiger partial charge in [-0.3, -0.25) is 9.78 Å². The predicted octanol–water partition coefficient (Wildman–Crippen LogP) is 3.91. The molecule has 1 atom stereocenters. The summed E-state index contributed by atoms with van der Waals surface area (Å²) < 4.78 is 7.67. The second kappa shape index (κ2) is 7.23. The van der Waals surface area contributed by atoms with Crippen LogP contribution in [0.2, 0.25) is 0 Å². The molecule has 0 saturated heterocycles. The minimum Gasteiger partial charge on any atom is -0.487 e. The van der Waals surface area contributed by atoms with Crippen LogP contribution in [-0.4, -0.2) is 20.7 Å². The van der Waals surface area contributed by atoms with Gasteiger partial charge in [-0.2, -0.15) is 5.10 Å². The van der Waals surface area contributed by atoms with Gasteiger partial charge in [-0.05, 0) is 43.7 Å². The zero-order chi connectivity index (χ0) is 18.8. The largest absolute Gasteiger partial charge is 0.487 e. The van der Waals surface area contributed by atoms with E-state index in [9.17, 15) is 4.79 Å². The number of carbonyl (C=O) groups is 1. The van der Waals surface area contributed by atoms with Gasteiger partial charge in [0.15, 0.2) is 0 Å². The second-order valence-corrected chi connectivity index (χ2v) is 6.97. The summed E-state index contributed by atoms with van der Waals surface area (Å²) in [5.41, 5.74) is 3.03. The molecule has 0 saturated carbocycles. The van der Waals surface area contributed by atoms with E-state index in [1.54, 1.807) is 6.20 Å². The number of nitrogens with zero attached hydrogens (tertiary/aromatic N) is 3. The Hall–Kier alpha value is -3.15. The summed E-state index contributed by atoms with van der Waals surface area (Å²) in [4.78, 5) is 16.5. The van der Waals surface area contributed by atoms with Crippen molar-refractivity contribution in [1.82, 2.24) is 14.8 Å². The van der Waals surface area contributed by atoms with Gasteiger partial charge in [0.1, 0.15) is 18.2 Å². The number of nitrogens with one attached hydrogen (secondary N) is 1. The van der Waals surface area contributed by atoms with Gasteiger partial charge in [0, 0.05) is 30.1 Å². The highest BCUT2D eigenvalue weighted by molar-refractivity contribution is 5.94. The van der Waals surface area contributed by atoms with Crippen LogP contribution in [0.3, 0.4) is 0 Å². The summed E-state index contributed by atoms with van der Waals surface area (Å²) >= 11 is 0. The van der Waals surface area contributed by atoms with Crippen molar-refractivity contribution in [2.45, 2.75) is 38.8 Å². The minimum atomic E-state index is 0.00564. The predicted molar refractivity (Wildman–Crippen MR) is 103 cm³/mol. The Morgan fingerprint density at radius 3 is 2.74 bits per heavy atom. The fourth-order valence-corrected chi connectivity index (χ4v) is 3.36. The van der Waals surface area contributed by atoms with Gasteiger partial charge in [0.05, 0.1) is 11.9 Å². The number of carbonyl (C=O) groups excluding carboxylic acids is 1. The van der Waals surface area contributed by atoms with E-state index in [0.29, 0.717) is 13.0 Å². The molecule has 0 radical (unpaired) electrons. The molecule has 1 N–H and O–H groups in total. The van der Waals surface area contributed by atoms with Gasteiger partial charge >= 0.3 is 0 Å². The molecule has 6 nitrogen and oxygen atoms in total. The van der Waals surface area contributed by atoms with Gasteiger partial charge in [0.2, 0.25) is 5.91 Å². The number of pyridine rings is 1. The van der Waals surface area contributed by atoms with Crippen molar-refractivity contribution >= 4 is 11.7 Å². The fourth-order valence-electron chi connectivity index (χ4n) is 3.36. The number of aromatic nitrogens is 3. The topological polar surface area (TPSA) is 69.0 Å². The highest BCUT2D eigenvalue weighted by Crippen LogP contribution is 2.38. The molecule has 3 aromatic rings. The van der Waals surface area contributed by atoms with Crippen LogP contribution in [0.4, 0.5) is 5.82 Å². The molecule has 2 aromatic heterocycles. The highest BCUT2D eigenvalue weighted by atomic mass is 16.5. The number of anilines is 1. The third-order valence-electron chi connectivity index (χ3n) is 4.73. The van der Waals surface area contributed by atoms with E-state index < -0.39 is 0 Å². The maximum atomic E-state index is 12.2. The summed E-state index contributed by atoms with van der Waals surface area (Å²) in [6.07, 6.45) is 4.04. The molecule has 0 unspecified atom stereocenters. The van der Waals surface area contributed by atoms with Gasteiger partial charge in [0.25, 0.3) is 0 Å². The monoisotopic (exact) mass is 362 g/mol. The van der Waals surface area contributed by atoms with E-state index in [-0.39, 0.29) is 17.9 Å². The molecule has 1 aliphatic heterocycles. The van der Waals surface area contributed by atoms with Crippen molar-refractivity contribution in [2.24, 2.45) is 0 Å². The van der Waals surface area contributed by atoms with E-state index >= 15 is 0 Å². The number of fused-ring (bicyclic) bond motifs is 1. The smallest absolute Gasteiger partial charge is 0.226 e. The first kappa shape index (κ1) is 17.3. The van der Waals surface area contributed by atoms with Crippen molar-refractivity contribution in [3.8, 4) is 5.75 Å². The van der Waals surface area contributed by atoms with Crippen LogP contribution in [0, 0.1) is 0 Å². The van der Waals surface area contributed by atoms with Gasteiger partial charge in [-0.1, -0.05) is 18.2 Å². The van der Waals surface area contributed by atoms with E-state index in [0.717, 1.165) is 28.4 Å². The van der Waals surface area contributed by atoms with Crippen LogP contribution in [-0.2, 0) is 11.4 Å². The Balaban J connectivity index is 1.53. The lowest BCUT2D eigenvalue weighted by Gasteiger charge is -2.24. The van der Waals surface area contributed by atoms with Crippen LogP contribution in [0.1, 0.15) is 49.0 Å². The Morgan fingerprint density at radius 2 is 2.04 bits per heavy atom. The molecular weight excluding hydrogens is 340 g/mol. The van der Waals surface area contributed by atoms with Crippen molar-refractivity contribution < 1.29 is 9.53 Å². The zero-order valence-electron chi connectivity index (χ0n) is 15.4. The molecule has 1 amide bonds. The lowest BCUT2D eigenvalue weighted by Crippen LogP contribution is -2.25. The molecule has 0 spiro atoms. The van der Waals surface area contributed by atoms with Crippen molar-refractivity contribution in [3.05, 3.63) is 71.7 Å². The Kier molecular flexibility index (Phi) is 4.62. The van der Waals surface area contributed by atoms with E-state index in [1.165, 1.54) is 0 Å². The number of ether oxygens (including phenoxy) is 1. The minimum absolute atomic E-state index is 0.00564. The standard InChI is InChI=1S/C21H22N4O2/c1-14(2)25-21-19(12-23-25)18(11-20(26)24-21)15-6-8-17(9-7-15)27-13-16-5-3-4-10-22-16/h3-10,12,14,18H,11,13H2,1-2H3,(H,24,26)/t18-/m0/s1. The Labute approximate surface area is 158 Å². The molecule has 0 aliphatic carbocycles. The Bertz CT molecular complexity index is 933. The third kappa shape index (κ3) is 3.56. The fraction of sp³-hybridized carbons (Fsp3) is 0.286. The first-order chi connectivity index (χ1) is 13.1. The van der Waals surface area contributed by atoms with Crippen LogP contribution >= 0.6 is 0 Å². The van der Waals surface area contributed by atoms with Crippen molar-refractivity contribution in [2.75, 3.05) is 5.32 Å². The summed E-state index contributed by atoms with van der Waals surface area (Å²) in [5, 5.41) is 7.43. The molecular formula is C21H22N4O2. The maximum absolute atomic E-state index is 12.2. The normalized spacial score (nSPS) is 16.1. The first-order valence-corrected chi connectivity index (χ1v) is 9.11. The molecule has 4 rings (SSSR count). The summed E-state index contributed by atoms with van der Waals surface area (Å²) in [5.74, 6) is 1.61. The SMILES string of the molecule is CC(C)n1ncc2c1NC(=O)C[C@H]2c1ccc(OCc2ccccn2)cc1. The average molecular weight is 362 g/mol. The quantitative estimate of drug-likeness (QED) is 0.747. The van der Waals surface area contributed by atoms with Crippen LogP contribution in [0.25, 0.3) is 0 Å². The molecule has 6 heteroatoms. The van der Waals surface area contributed by atoms with E-state index in [2.05, 4.69) is 29.2 Å². The Morgan fingerprint density at radius 1 is 1.22 bits per heavy atom. The third-order valence-corrected chi connectivity index (χ3v) is 4.73. The van der Waals surface area contributed by atoms with Crippen LogP contribution in [0.15, 0.2) is 54.9 Å². The molecule has 27 heavy (non-hydrogen) atoms. The van der Waals surface area contributed by atoms with E-state index in [4.69, 9.17) is 4.74 Å². The molecule has 1 aliphatic rings.